The fourth-order valence-corrected chi connectivity index (χ4v) is 3.64. The molecule has 0 aromatic carbocycles. The third-order valence-electron chi connectivity index (χ3n) is 4.22. The third kappa shape index (κ3) is 4.12. The van der Waals surface area contributed by atoms with Crippen molar-refractivity contribution >= 4 is 23.1 Å². The van der Waals surface area contributed by atoms with Gasteiger partial charge in [0.25, 0.3) is 0 Å². The van der Waals surface area contributed by atoms with Crippen molar-refractivity contribution in [2.75, 3.05) is 25.5 Å². The number of likely N-dealkylation sites (tertiary alicyclic amines) is 1. The molecule has 3 rings (SSSR count). The molecule has 2 aromatic rings. The van der Waals surface area contributed by atoms with Gasteiger partial charge in [-0.05, 0) is 17.9 Å². The zero-order valence-electron chi connectivity index (χ0n) is 13.9. The smallest absolute Gasteiger partial charge is 0.321 e. The highest BCUT2D eigenvalue weighted by atomic mass is 32.1. The molecule has 0 saturated carbocycles. The second kappa shape index (κ2) is 7.31. The molecule has 1 fully saturated rings. The van der Waals surface area contributed by atoms with Crippen LogP contribution in [0.25, 0.3) is 0 Å². The monoisotopic (exact) mass is 351 g/mol. The summed E-state index contributed by atoms with van der Waals surface area (Å²) in [6, 6.07) is 1.70. The number of hydrogen-bond acceptors (Lipinski definition) is 4. The van der Waals surface area contributed by atoms with E-state index in [-0.39, 0.29) is 12.1 Å². The van der Waals surface area contributed by atoms with Crippen LogP contribution in [-0.4, -0.2) is 58.0 Å². The number of amides is 2. The fourth-order valence-electron chi connectivity index (χ4n) is 3.05. The Morgan fingerprint density at radius 1 is 1.58 bits per heavy atom. The van der Waals surface area contributed by atoms with Gasteiger partial charge in [0, 0.05) is 56.9 Å². The fraction of sp³-hybridized carbons (Fsp3) is 0.500. The molecule has 0 radical (unpaired) electrons. The molecule has 0 spiro atoms. The average Bonchev–Trinajstić information content (AvgIpc) is 3.23. The van der Waals surface area contributed by atoms with E-state index in [9.17, 15) is 9.18 Å². The van der Waals surface area contributed by atoms with E-state index in [1.165, 1.54) is 11.3 Å². The molecule has 8 heteroatoms. The Bertz CT molecular complexity index is 674. The summed E-state index contributed by atoms with van der Waals surface area (Å²) in [5.41, 5.74) is 1.85. The van der Waals surface area contributed by atoms with Crippen molar-refractivity contribution in [2.45, 2.75) is 25.2 Å². The van der Waals surface area contributed by atoms with Gasteiger partial charge in [0.15, 0.2) is 0 Å². The molecule has 1 aliphatic heterocycles. The number of likely N-dealkylation sites (N-methyl/N-ethyl adjacent to an activating group) is 1. The van der Waals surface area contributed by atoms with E-state index in [0.717, 1.165) is 11.3 Å². The van der Waals surface area contributed by atoms with Crippen molar-refractivity contribution in [1.82, 2.24) is 19.6 Å². The van der Waals surface area contributed by atoms with E-state index >= 15 is 0 Å². The van der Waals surface area contributed by atoms with Crippen LogP contribution in [0.5, 0.6) is 0 Å². The zero-order valence-corrected chi connectivity index (χ0v) is 14.7. The van der Waals surface area contributed by atoms with E-state index in [1.807, 2.05) is 30.1 Å². The topological polar surface area (TPSA) is 53.4 Å². The second-order valence-electron chi connectivity index (χ2n) is 6.26. The molecule has 130 valence electrons. The molecule has 1 saturated heterocycles. The predicted octanol–water partition coefficient (Wildman–Crippen LogP) is 2.56. The standard InChI is InChI=1S/C16H22FN5OS/c1-20(16(23)19-14-3-4-24-11-14)10-15-5-13(17)9-22(15)8-12-6-18-21(2)7-12/h3-4,6-7,11,13,15H,5,8-10H2,1-2H3,(H,19,23)/t13-,15-/m0/s1. The van der Waals surface area contributed by atoms with Gasteiger partial charge < -0.3 is 10.2 Å². The van der Waals surface area contributed by atoms with Gasteiger partial charge in [0.2, 0.25) is 0 Å². The van der Waals surface area contributed by atoms with Gasteiger partial charge in [0.1, 0.15) is 6.17 Å². The van der Waals surface area contributed by atoms with E-state index < -0.39 is 6.17 Å². The van der Waals surface area contributed by atoms with Crippen molar-refractivity contribution in [2.24, 2.45) is 7.05 Å². The van der Waals surface area contributed by atoms with Crippen LogP contribution in [0.3, 0.4) is 0 Å². The molecule has 3 heterocycles. The molecule has 2 atom stereocenters. The van der Waals surface area contributed by atoms with Crippen LogP contribution in [-0.2, 0) is 13.6 Å². The lowest BCUT2D eigenvalue weighted by Crippen LogP contribution is -2.42. The quantitative estimate of drug-likeness (QED) is 0.901. The highest BCUT2D eigenvalue weighted by molar-refractivity contribution is 7.08. The maximum absolute atomic E-state index is 13.9. The maximum atomic E-state index is 13.9. The molecule has 0 aliphatic carbocycles. The Morgan fingerprint density at radius 2 is 2.42 bits per heavy atom. The molecule has 2 aromatic heterocycles. The Labute approximate surface area is 144 Å². The molecule has 1 N–H and O–H groups in total. The summed E-state index contributed by atoms with van der Waals surface area (Å²) < 4.78 is 15.7. The summed E-state index contributed by atoms with van der Waals surface area (Å²) in [5.74, 6) is 0. The average molecular weight is 351 g/mol. The number of carbonyl (C=O) groups is 1. The summed E-state index contributed by atoms with van der Waals surface area (Å²) >= 11 is 1.53. The van der Waals surface area contributed by atoms with Gasteiger partial charge in [-0.1, -0.05) is 0 Å². The van der Waals surface area contributed by atoms with E-state index in [1.54, 1.807) is 22.8 Å². The van der Waals surface area contributed by atoms with Crippen molar-refractivity contribution in [3.8, 4) is 0 Å². The first kappa shape index (κ1) is 16.9. The number of thiophene rings is 1. The second-order valence-corrected chi connectivity index (χ2v) is 7.04. The zero-order chi connectivity index (χ0) is 17.1. The van der Waals surface area contributed by atoms with E-state index in [4.69, 9.17) is 0 Å². The number of alkyl halides is 1. The summed E-state index contributed by atoms with van der Waals surface area (Å²) in [6.07, 6.45) is 3.35. The molecular weight excluding hydrogens is 329 g/mol. The summed E-state index contributed by atoms with van der Waals surface area (Å²) in [5, 5.41) is 10.8. The SMILES string of the molecule is CN(C[C@@H]1C[C@H](F)CN1Cc1cnn(C)c1)C(=O)Nc1ccsc1. The predicted molar refractivity (Wildman–Crippen MR) is 92.9 cm³/mol. The lowest BCUT2D eigenvalue weighted by molar-refractivity contribution is 0.183. The Morgan fingerprint density at radius 3 is 3.08 bits per heavy atom. The van der Waals surface area contributed by atoms with Gasteiger partial charge in [-0.3, -0.25) is 9.58 Å². The van der Waals surface area contributed by atoms with E-state index in [2.05, 4.69) is 15.3 Å². The molecule has 0 bridgehead atoms. The number of carbonyl (C=O) groups excluding carboxylic acids is 1. The lowest BCUT2D eigenvalue weighted by Gasteiger charge is -2.28. The number of nitrogens with zero attached hydrogens (tertiary/aromatic N) is 4. The lowest BCUT2D eigenvalue weighted by atomic mass is 10.2. The largest absolute Gasteiger partial charge is 0.326 e. The van der Waals surface area contributed by atoms with Gasteiger partial charge >= 0.3 is 6.03 Å². The number of anilines is 1. The summed E-state index contributed by atoms with van der Waals surface area (Å²) in [4.78, 5) is 16.0. The number of rotatable bonds is 5. The van der Waals surface area contributed by atoms with Crippen LogP contribution in [0.4, 0.5) is 14.9 Å². The molecular formula is C16H22FN5OS. The molecule has 6 nitrogen and oxygen atoms in total. The first-order valence-corrected chi connectivity index (χ1v) is 8.85. The highest BCUT2D eigenvalue weighted by Crippen LogP contribution is 2.23. The highest BCUT2D eigenvalue weighted by Gasteiger charge is 2.33. The van der Waals surface area contributed by atoms with Crippen molar-refractivity contribution in [1.29, 1.82) is 0 Å². The maximum Gasteiger partial charge on any atom is 0.321 e. The van der Waals surface area contributed by atoms with Crippen LogP contribution in [0.15, 0.2) is 29.2 Å². The van der Waals surface area contributed by atoms with Gasteiger partial charge in [0.05, 0.1) is 11.9 Å². The van der Waals surface area contributed by atoms with Crippen LogP contribution < -0.4 is 5.32 Å². The minimum absolute atomic E-state index is 0.0124. The van der Waals surface area contributed by atoms with E-state index in [0.29, 0.717) is 26.1 Å². The minimum atomic E-state index is -0.847. The molecule has 0 unspecified atom stereocenters. The first-order valence-electron chi connectivity index (χ1n) is 7.91. The Hall–Kier alpha value is -1.93. The number of nitrogens with one attached hydrogen (secondary N) is 1. The van der Waals surface area contributed by atoms with Crippen molar-refractivity contribution < 1.29 is 9.18 Å². The number of urea groups is 1. The van der Waals surface area contributed by atoms with Gasteiger partial charge in [-0.2, -0.15) is 16.4 Å². The Kier molecular flexibility index (Phi) is 5.15. The summed E-state index contributed by atoms with van der Waals surface area (Å²) in [6.45, 7) is 1.55. The normalized spacial score (nSPS) is 21.1. The van der Waals surface area contributed by atoms with Crippen LogP contribution in [0.1, 0.15) is 12.0 Å². The number of halogens is 1. The number of hydrogen-bond donors (Lipinski definition) is 1. The van der Waals surface area contributed by atoms with Gasteiger partial charge in [-0.25, -0.2) is 9.18 Å². The van der Waals surface area contributed by atoms with Crippen molar-refractivity contribution in [3.63, 3.8) is 0 Å². The number of aryl methyl sites for hydroxylation is 1. The van der Waals surface area contributed by atoms with Crippen LogP contribution in [0.2, 0.25) is 0 Å². The van der Waals surface area contributed by atoms with Crippen molar-refractivity contribution in [3.05, 3.63) is 34.8 Å². The van der Waals surface area contributed by atoms with Gasteiger partial charge in [-0.15, -0.1) is 0 Å². The summed E-state index contributed by atoms with van der Waals surface area (Å²) in [7, 11) is 3.61. The molecule has 24 heavy (non-hydrogen) atoms. The molecule has 2 amide bonds. The number of aromatic nitrogens is 2. The van der Waals surface area contributed by atoms with Crippen LogP contribution >= 0.6 is 11.3 Å². The third-order valence-corrected chi connectivity index (χ3v) is 4.91. The van der Waals surface area contributed by atoms with Crippen LogP contribution in [0, 0.1) is 0 Å². The Balaban J connectivity index is 1.58. The molecule has 1 aliphatic rings. The first-order chi connectivity index (χ1) is 11.5. The minimum Gasteiger partial charge on any atom is -0.326 e.